The second kappa shape index (κ2) is 8.16. The van der Waals surface area contributed by atoms with Gasteiger partial charge in [-0.05, 0) is 58.2 Å². The van der Waals surface area contributed by atoms with Crippen molar-refractivity contribution in [1.29, 1.82) is 0 Å². The Bertz CT molecular complexity index is 203. The summed E-state index contributed by atoms with van der Waals surface area (Å²) < 4.78 is 0. The summed E-state index contributed by atoms with van der Waals surface area (Å²) in [5.74, 6) is 0.950. The van der Waals surface area contributed by atoms with Crippen LogP contribution in [-0.2, 0) is 0 Å². The van der Waals surface area contributed by atoms with Crippen LogP contribution in [0.4, 0.5) is 0 Å². The molecule has 1 atom stereocenters. The van der Waals surface area contributed by atoms with Gasteiger partial charge in [-0.25, -0.2) is 0 Å². The van der Waals surface area contributed by atoms with Crippen molar-refractivity contribution in [2.24, 2.45) is 5.92 Å². The molecular weight excluding hydrogens is 220 g/mol. The predicted molar refractivity (Wildman–Crippen MR) is 78.9 cm³/mol. The fourth-order valence-corrected chi connectivity index (χ4v) is 3.53. The number of hydrogen-bond acceptors (Lipinski definition) is 2. The number of rotatable bonds is 5. The minimum atomic E-state index is 0.675. The van der Waals surface area contributed by atoms with E-state index in [-0.39, 0.29) is 0 Å². The molecule has 0 amide bonds. The average molecular weight is 252 g/mol. The van der Waals surface area contributed by atoms with Gasteiger partial charge < -0.3 is 10.2 Å². The molecule has 0 aromatic carbocycles. The van der Waals surface area contributed by atoms with E-state index in [4.69, 9.17) is 0 Å². The molecular formula is C16H32N2. The van der Waals surface area contributed by atoms with E-state index >= 15 is 0 Å². The summed E-state index contributed by atoms with van der Waals surface area (Å²) in [4.78, 5) is 2.62. The lowest BCUT2D eigenvalue weighted by Gasteiger charge is -2.25. The Balaban J connectivity index is 1.59. The Morgan fingerprint density at radius 2 is 1.56 bits per heavy atom. The maximum atomic E-state index is 3.79. The molecule has 1 aliphatic carbocycles. The summed E-state index contributed by atoms with van der Waals surface area (Å²) >= 11 is 0. The summed E-state index contributed by atoms with van der Waals surface area (Å²) in [6.07, 6.45) is 13.1. The van der Waals surface area contributed by atoms with Crippen molar-refractivity contribution >= 4 is 0 Å². The van der Waals surface area contributed by atoms with Crippen LogP contribution >= 0.6 is 0 Å². The van der Waals surface area contributed by atoms with Gasteiger partial charge >= 0.3 is 0 Å². The quantitative estimate of drug-likeness (QED) is 0.806. The van der Waals surface area contributed by atoms with Crippen LogP contribution in [-0.4, -0.2) is 37.1 Å². The molecule has 0 aromatic heterocycles. The van der Waals surface area contributed by atoms with E-state index in [1.54, 1.807) is 0 Å². The summed E-state index contributed by atoms with van der Waals surface area (Å²) in [7, 11) is 0. The Labute approximate surface area is 114 Å². The van der Waals surface area contributed by atoms with Crippen LogP contribution in [0.3, 0.4) is 0 Å². The lowest BCUT2D eigenvalue weighted by atomic mass is 9.91. The van der Waals surface area contributed by atoms with Crippen LogP contribution in [0.25, 0.3) is 0 Å². The van der Waals surface area contributed by atoms with Gasteiger partial charge in [0.1, 0.15) is 0 Å². The van der Waals surface area contributed by atoms with Crippen molar-refractivity contribution in [3.8, 4) is 0 Å². The molecule has 1 heterocycles. The van der Waals surface area contributed by atoms with Crippen molar-refractivity contribution in [1.82, 2.24) is 10.2 Å². The fraction of sp³-hybridized carbons (Fsp3) is 1.00. The van der Waals surface area contributed by atoms with Gasteiger partial charge in [-0.15, -0.1) is 0 Å². The first-order chi connectivity index (χ1) is 8.84. The number of hydrogen-bond donors (Lipinski definition) is 1. The molecule has 2 rings (SSSR count). The Morgan fingerprint density at radius 1 is 0.944 bits per heavy atom. The first-order valence-electron chi connectivity index (χ1n) is 8.30. The predicted octanol–water partition coefficient (Wildman–Crippen LogP) is 3.42. The lowest BCUT2D eigenvalue weighted by Crippen LogP contribution is -2.40. The van der Waals surface area contributed by atoms with Gasteiger partial charge in [-0.3, -0.25) is 0 Å². The largest absolute Gasteiger partial charge is 0.313 e. The van der Waals surface area contributed by atoms with E-state index in [9.17, 15) is 0 Å². The Kier molecular flexibility index (Phi) is 6.50. The van der Waals surface area contributed by atoms with Crippen LogP contribution in [0, 0.1) is 5.92 Å². The summed E-state index contributed by atoms with van der Waals surface area (Å²) in [6, 6.07) is 0.675. The summed E-state index contributed by atoms with van der Waals surface area (Å²) in [5, 5.41) is 3.79. The average Bonchev–Trinajstić information content (AvgIpc) is 2.80. The molecule has 0 radical (unpaired) electrons. The molecule has 106 valence electrons. The molecule has 1 saturated carbocycles. The second-order valence-electron chi connectivity index (χ2n) is 6.53. The minimum absolute atomic E-state index is 0.675. The molecule has 2 nitrogen and oxygen atoms in total. The molecule has 0 bridgehead atoms. The highest BCUT2D eigenvalue weighted by Crippen LogP contribution is 2.21. The van der Waals surface area contributed by atoms with Crippen molar-refractivity contribution in [3.63, 3.8) is 0 Å². The number of nitrogens with zero attached hydrogens (tertiary/aromatic N) is 1. The summed E-state index contributed by atoms with van der Waals surface area (Å²) in [5.41, 5.74) is 0. The van der Waals surface area contributed by atoms with Crippen LogP contribution in [0.15, 0.2) is 0 Å². The molecule has 1 aliphatic heterocycles. The zero-order valence-corrected chi connectivity index (χ0v) is 12.3. The van der Waals surface area contributed by atoms with E-state index in [0.717, 1.165) is 5.92 Å². The van der Waals surface area contributed by atoms with Gasteiger partial charge in [0.25, 0.3) is 0 Å². The summed E-state index contributed by atoms with van der Waals surface area (Å²) in [6.45, 7) is 7.54. The van der Waals surface area contributed by atoms with Crippen molar-refractivity contribution < 1.29 is 0 Å². The zero-order chi connectivity index (χ0) is 12.6. The molecule has 18 heavy (non-hydrogen) atoms. The third-order valence-corrected chi connectivity index (χ3v) is 4.71. The minimum Gasteiger partial charge on any atom is -0.313 e. The van der Waals surface area contributed by atoms with Crippen LogP contribution in [0.2, 0.25) is 0 Å². The molecule has 0 spiro atoms. The number of likely N-dealkylation sites (tertiary alicyclic amines) is 1. The van der Waals surface area contributed by atoms with Crippen molar-refractivity contribution in [2.75, 3.05) is 26.2 Å². The third-order valence-electron chi connectivity index (χ3n) is 4.71. The highest BCUT2D eigenvalue weighted by Gasteiger charge is 2.16. The van der Waals surface area contributed by atoms with Gasteiger partial charge in [0.2, 0.25) is 0 Å². The number of nitrogens with one attached hydrogen (secondary N) is 1. The van der Waals surface area contributed by atoms with Crippen LogP contribution < -0.4 is 5.32 Å². The second-order valence-corrected chi connectivity index (χ2v) is 6.53. The third kappa shape index (κ3) is 5.27. The monoisotopic (exact) mass is 252 g/mol. The zero-order valence-electron chi connectivity index (χ0n) is 12.3. The van der Waals surface area contributed by atoms with Gasteiger partial charge in [0.15, 0.2) is 0 Å². The van der Waals surface area contributed by atoms with Crippen molar-refractivity contribution in [3.05, 3.63) is 0 Å². The SMILES string of the molecule is CC(CN1CCCC1)NCC1CCCCCCC1. The highest BCUT2D eigenvalue weighted by molar-refractivity contribution is 4.74. The molecule has 2 aliphatic rings. The molecule has 1 saturated heterocycles. The Hall–Kier alpha value is -0.0800. The van der Waals surface area contributed by atoms with Gasteiger partial charge in [0.05, 0.1) is 0 Å². The first-order valence-corrected chi connectivity index (χ1v) is 8.30. The normalized spacial score (nSPS) is 25.8. The van der Waals surface area contributed by atoms with Gasteiger partial charge in [0, 0.05) is 12.6 Å². The molecule has 0 aromatic rings. The van der Waals surface area contributed by atoms with Gasteiger partial charge in [-0.2, -0.15) is 0 Å². The maximum absolute atomic E-state index is 3.79. The van der Waals surface area contributed by atoms with Crippen LogP contribution in [0.1, 0.15) is 64.7 Å². The standard InChI is InChI=1S/C16H32N2/c1-15(14-18-11-7-8-12-18)17-13-16-9-5-3-2-4-6-10-16/h15-17H,2-14H2,1H3. The highest BCUT2D eigenvalue weighted by atomic mass is 15.2. The molecule has 2 heteroatoms. The molecule has 2 fully saturated rings. The van der Waals surface area contributed by atoms with Crippen LogP contribution in [0.5, 0.6) is 0 Å². The smallest absolute Gasteiger partial charge is 0.0166 e. The lowest BCUT2D eigenvalue weighted by molar-refractivity contribution is 0.281. The first kappa shape index (κ1) is 14.3. The topological polar surface area (TPSA) is 15.3 Å². The fourth-order valence-electron chi connectivity index (χ4n) is 3.53. The van der Waals surface area contributed by atoms with E-state index in [2.05, 4.69) is 17.1 Å². The van der Waals surface area contributed by atoms with E-state index in [1.165, 1.54) is 84.0 Å². The van der Waals surface area contributed by atoms with E-state index < -0.39 is 0 Å². The molecule has 1 N–H and O–H groups in total. The maximum Gasteiger partial charge on any atom is 0.0166 e. The van der Waals surface area contributed by atoms with Gasteiger partial charge in [-0.1, -0.05) is 32.1 Å². The Morgan fingerprint density at radius 3 is 2.22 bits per heavy atom. The van der Waals surface area contributed by atoms with E-state index in [0.29, 0.717) is 6.04 Å². The van der Waals surface area contributed by atoms with Crippen molar-refractivity contribution in [2.45, 2.75) is 70.8 Å². The van der Waals surface area contributed by atoms with E-state index in [1.807, 2.05) is 0 Å². The molecule has 1 unspecified atom stereocenters.